The first-order chi connectivity index (χ1) is 13.3. The summed E-state index contributed by atoms with van der Waals surface area (Å²) in [7, 11) is 3.00. The molecule has 0 radical (unpaired) electrons. The summed E-state index contributed by atoms with van der Waals surface area (Å²) >= 11 is 6.17. The molecule has 0 bridgehead atoms. The highest BCUT2D eigenvalue weighted by Gasteiger charge is 2.36. The van der Waals surface area contributed by atoms with Gasteiger partial charge in [-0.2, -0.15) is 0 Å². The molecule has 148 valence electrons. The van der Waals surface area contributed by atoms with E-state index >= 15 is 0 Å². The van der Waals surface area contributed by atoms with E-state index in [1.807, 2.05) is 32.0 Å². The van der Waals surface area contributed by atoms with Gasteiger partial charge < -0.3 is 19.7 Å². The third-order valence-electron chi connectivity index (χ3n) is 5.09. The molecule has 1 N–H and O–H groups in total. The Bertz CT molecular complexity index is 929. The van der Waals surface area contributed by atoms with Crippen LogP contribution in [0, 0.1) is 19.8 Å². The lowest BCUT2D eigenvalue weighted by Crippen LogP contribution is -2.28. The summed E-state index contributed by atoms with van der Waals surface area (Å²) < 4.78 is 10.5. The Hall–Kier alpha value is -2.73. The van der Waals surface area contributed by atoms with Crippen molar-refractivity contribution in [3.8, 4) is 11.5 Å². The van der Waals surface area contributed by atoms with E-state index in [4.69, 9.17) is 21.1 Å². The van der Waals surface area contributed by atoms with Gasteiger partial charge in [-0.05, 0) is 37.1 Å². The van der Waals surface area contributed by atoms with Gasteiger partial charge >= 0.3 is 0 Å². The topological polar surface area (TPSA) is 67.9 Å². The molecule has 0 saturated carbocycles. The second kappa shape index (κ2) is 8.10. The first-order valence-electron chi connectivity index (χ1n) is 8.94. The van der Waals surface area contributed by atoms with Gasteiger partial charge in [-0.25, -0.2) is 0 Å². The molecule has 6 nitrogen and oxygen atoms in total. The highest BCUT2D eigenvalue weighted by molar-refractivity contribution is 6.32. The van der Waals surface area contributed by atoms with Crippen molar-refractivity contribution in [1.82, 2.24) is 0 Å². The number of rotatable bonds is 5. The van der Waals surface area contributed by atoms with E-state index in [9.17, 15) is 9.59 Å². The first-order valence-corrected chi connectivity index (χ1v) is 9.32. The number of methoxy groups -OCH3 is 2. The summed E-state index contributed by atoms with van der Waals surface area (Å²) in [5, 5.41) is 3.19. The molecule has 1 unspecified atom stereocenters. The fourth-order valence-electron chi connectivity index (χ4n) is 3.34. The number of hydrogen-bond acceptors (Lipinski definition) is 4. The summed E-state index contributed by atoms with van der Waals surface area (Å²) in [4.78, 5) is 27.0. The van der Waals surface area contributed by atoms with Crippen LogP contribution in [0.25, 0.3) is 0 Å². The minimum Gasteiger partial charge on any atom is -0.495 e. The maximum atomic E-state index is 12.8. The van der Waals surface area contributed by atoms with Crippen molar-refractivity contribution in [3.63, 3.8) is 0 Å². The lowest BCUT2D eigenvalue weighted by molar-refractivity contribution is -0.122. The van der Waals surface area contributed by atoms with Gasteiger partial charge in [-0.3, -0.25) is 9.59 Å². The molecule has 1 fully saturated rings. The Morgan fingerprint density at radius 1 is 1.18 bits per heavy atom. The summed E-state index contributed by atoms with van der Waals surface area (Å²) in [6.45, 7) is 4.32. The average Bonchev–Trinajstić information content (AvgIpc) is 3.06. The standard InChI is InChI=1S/C21H23ClN2O4/c1-12-6-5-7-17(13(12)2)24-11-14(8-20(24)25)21(26)23-16-9-15(22)18(27-3)10-19(16)28-4/h5-7,9-10,14H,8,11H2,1-4H3,(H,23,26). The molecule has 0 aliphatic carbocycles. The van der Waals surface area contributed by atoms with E-state index in [0.717, 1.165) is 16.8 Å². The van der Waals surface area contributed by atoms with Gasteiger partial charge in [-0.1, -0.05) is 23.7 Å². The van der Waals surface area contributed by atoms with Crippen molar-refractivity contribution < 1.29 is 19.1 Å². The Labute approximate surface area is 169 Å². The van der Waals surface area contributed by atoms with E-state index in [-0.39, 0.29) is 18.2 Å². The van der Waals surface area contributed by atoms with E-state index in [1.165, 1.54) is 14.2 Å². The minimum atomic E-state index is -0.460. The van der Waals surface area contributed by atoms with Crippen LogP contribution in [0.4, 0.5) is 11.4 Å². The zero-order valence-electron chi connectivity index (χ0n) is 16.3. The minimum absolute atomic E-state index is 0.0615. The molecule has 3 rings (SSSR count). The lowest BCUT2D eigenvalue weighted by Gasteiger charge is -2.20. The molecule has 0 spiro atoms. The van der Waals surface area contributed by atoms with Crippen LogP contribution in [0.15, 0.2) is 30.3 Å². The van der Waals surface area contributed by atoms with Gasteiger partial charge in [0, 0.05) is 24.7 Å². The molecule has 0 aromatic heterocycles. The number of benzene rings is 2. The number of nitrogens with one attached hydrogen (secondary N) is 1. The number of anilines is 2. The molecule has 1 heterocycles. The van der Waals surface area contributed by atoms with Crippen LogP contribution in [-0.4, -0.2) is 32.6 Å². The molecule has 1 saturated heterocycles. The lowest BCUT2D eigenvalue weighted by atomic mass is 10.1. The zero-order chi connectivity index (χ0) is 20.4. The van der Waals surface area contributed by atoms with Gasteiger partial charge in [0.2, 0.25) is 11.8 Å². The number of halogens is 1. The number of aryl methyl sites for hydroxylation is 1. The van der Waals surface area contributed by atoms with Gasteiger partial charge in [0.15, 0.2) is 0 Å². The molecule has 7 heteroatoms. The highest BCUT2D eigenvalue weighted by atomic mass is 35.5. The number of ether oxygens (including phenoxy) is 2. The van der Waals surface area contributed by atoms with Crippen LogP contribution < -0.4 is 19.7 Å². The quantitative estimate of drug-likeness (QED) is 0.821. The summed E-state index contributed by atoms with van der Waals surface area (Å²) in [6, 6.07) is 9.02. The summed E-state index contributed by atoms with van der Waals surface area (Å²) in [6.07, 6.45) is 0.158. The Balaban J connectivity index is 1.79. The van der Waals surface area contributed by atoms with E-state index < -0.39 is 5.92 Å². The first kappa shape index (κ1) is 20.0. The fraction of sp³-hybridized carbons (Fsp3) is 0.333. The van der Waals surface area contributed by atoms with Crippen molar-refractivity contribution in [2.45, 2.75) is 20.3 Å². The number of hydrogen-bond donors (Lipinski definition) is 1. The van der Waals surface area contributed by atoms with Crippen LogP contribution in [0.5, 0.6) is 11.5 Å². The van der Waals surface area contributed by atoms with E-state index in [2.05, 4.69) is 5.32 Å². The van der Waals surface area contributed by atoms with Gasteiger partial charge in [0.25, 0.3) is 0 Å². The predicted octanol–water partition coefficient (Wildman–Crippen LogP) is 3.97. The van der Waals surface area contributed by atoms with Gasteiger partial charge in [0.05, 0.1) is 30.8 Å². The number of amides is 2. The Morgan fingerprint density at radius 3 is 2.57 bits per heavy atom. The molecule has 1 atom stereocenters. The largest absolute Gasteiger partial charge is 0.495 e. The maximum absolute atomic E-state index is 12.8. The molecule has 2 amide bonds. The van der Waals surface area contributed by atoms with Crippen LogP contribution >= 0.6 is 11.6 Å². The summed E-state index contributed by atoms with van der Waals surface area (Å²) in [5.74, 6) is 0.117. The fourth-order valence-corrected chi connectivity index (χ4v) is 3.58. The van der Waals surface area contributed by atoms with Crippen molar-refractivity contribution in [2.24, 2.45) is 5.92 Å². The van der Waals surface area contributed by atoms with Gasteiger partial charge in [0.1, 0.15) is 11.5 Å². The van der Waals surface area contributed by atoms with Crippen LogP contribution in [0.2, 0.25) is 5.02 Å². The summed E-state index contributed by atoms with van der Waals surface area (Å²) in [5.41, 5.74) is 3.44. The van der Waals surface area contributed by atoms with Crippen molar-refractivity contribution in [2.75, 3.05) is 31.0 Å². The zero-order valence-corrected chi connectivity index (χ0v) is 17.1. The number of carbonyl (C=O) groups excluding carboxylic acids is 2. The maximum Gasteiger partial charge on any atom is 0.229 e. The molecule has 28 heavy (non-hydrogen) atoms. The van der Waals surface area contributed by atoms with E-state index in [0.29, 0.717) is 28.8 Å². The van der Waals surface area contributed by atoms with Crippen LogP contribution in [-0.2, 0) is 9.59 Å². The second-order valence-electron chi connectivity index (χ2n) is 6.80. The van der Waals surface area contributed by atoms with Crippen LogP contribution in [0.3, 0.4) is 0 Å². The third kappa shape index (κ3) is 3.78. The number of carbonyl (C=O) groups is 2. The van der Waals surface area contributed by atoms with Crippen molar-refractivity contribution >= 4 is 34.8 Å². The smallest absolute Gasteiger partial charge is 0.229 e. The highest BCUT2D eigenvalue weighted by Crippen LogP contribution is 2.37. The van der Waals surface area contributed by atoms with Gasteiger partial charge in [-0.15, -0.1) is 0 Å². The molecule has 1 aliphatic rings. The predicted molar refractivity (Wildman–Crippen MR) is 110 cm³/mol. The molecular weight excluding hydrogens is 380 g/mol. The molecular formula is C21H23ClN2O4. The normalized spacial score (nSPS) is 16.2. The number of nitrogens with zero attached hydrogens (tertiary/aromatic N) is 1. The Morgan fingerprint density at radius 2 is 1.89 bits per heavy atom. The van der Waals surface area contributed by atoms with Crippen molar-refractivity contribution in [3.05, 3.63) is 46.5 Å². The average molecular weight is 403 g/mol. The SMILES string of the molecule is COc1cc(OC)c(NC(=O)C2CC(=O)N(c3cccc(C)c3C)C2)cc1Cl. The van der Waals surface area contributed by atoms with E-state index in [1.54, 1.807) is 17.0 Å². The third-order valence-corrected chi connectivity index (χ3v) is 5.39. The molecule has 2 aromatic rings. The monoisotopic (exact) mass is 402 g/mol. The molecule has 2 aromatic carbocycles. The van der Waals surface area contributed by atoms with Crippen molar-refractivity contribution in [1.29, 1.82) is 0 Å². The second-order valence-corrected chi connectivity index (χ2v) is 7.21. The van der Waals surface area contributed by atoms with Crippen LogP contribution in [0.1, 0.15) is 17.5 Å². The molecule has 1 aliphatic heterocycles. The Kier molecular flexibility index (Phi) is 5.79.